The Labute approximate surface area is 158 Å². The van der Waals surface area contributed by atoms with Gasteiger partial charge in [0.25, 0.3) is 0 Å². The molecule has 0 radical (unpaired) electrons. The highest BCUT2D eigenvalue weighted by Gasteiger charge is 2.27. The molecule has 1 aromatic carbocycles. The van der Waals surface area contributed by atoms with Gasteiger partial charge in [0.05, 0.1) is 0 Å². The van der Waals surface area contributed by atoms with Crippen molar-refractivity contribution in [2.24, 2.45) is 5.92 Å². The van der Waals surface area contributed by atoms with Crippen LogP contribution < -0.4 is 10.9 Å². The summed E-state index contributed by atoms with van der Waals surface area (Å²) in [7, 11) is -2.73. The minimum Gasteiger partial charge on any atom is -0.423 e. The second-order valence-corrected chi connectivity index (χ2v) is 6.29. The van der Waals surface area contributed by atoms with E-state index in [0.717, 1.165) is 24.2 Å². The van der Waals surface area contributed by atoms with Crippen LogP contribution in [0.2, 0.25) is 0 Å². The van der Waals surface area contributed by atoms with Crippen LogP contribution in [0.3, 0.4) is 0 Å². The Morgan fingerprint density at radius 2 is 1.42 bits per heavy atom. The van der Waals surface area contributed by atoms with Crippen LogP contribution in [0.4, 0.5) is 0 Å². The molecule has 4 N–H and O–H groups in total. The number of hydrogen-bond donors (Lipinski definition) is 4. The number of carbonyl (C=O) groups is 1. The number of aromatic nitrogens is 1. The quantitative estimate of drug-likeness (QED) is 0.439. The topological polar surface area (TPSA) is 111 Å². The minimum absolute atomic E-state index is 0.157. The van der Waals surface area contributed by atoms with E-state index < -0.39 is 14.2 Å². The lowest BCUT2D eigenvalue weighted by molar-refractivity contribution is -0.112. The van der Waals surface area contributed by atoms with Gasteiger partial charge in [0.1, 0.15) is 0 Å². The fourth-order valence-electron chi connectivity index (χ4n) is 1.95. The molecule has 1 aliphatic rings. The highest BCUT2D eigenvalue weighted by atomic mass is 35.5. The van der Waals surface area contributed by atoms with Crippen LogP contribution in [-0.2, 0) is 4.79 Å². The fraction of sp³-hybridized carbons (Fsp3) is 0.294. The fourth-order valence-corrected chi connectivity index (χ4v) is 2.17. The van der Waals surface area contributed by atoms with Crippen LogP contribution in [0, 0.1) is 19.8 Å². The lowest BCUT2D eigenvalue weighted by Gasteiger charge is -2.01. The molecule has 0 unspecified atom stereocenters. The molecule has 26 heavy (non-hydrogen) atoms. The SMILES string of the molecule is Cc1cc(B(O)O)cc(C)n1.O=C(Cl)C1CC1.OB(O)c1ccccc1. The predicted octanol–water partition coefficient (Wildman–Crippen LogP) is -0.0936. The standard InChI is InChI=1S/C7H10BNO2.C6H7BO2.C4H5ClO/c1-5-3-7(8(10)11)4-6(2)9-5;8-7(9)6-4-2-1-3-5-6;5-4(6)3-1-2-3/h3-4,10-11H,1-2H3;1-5,8-9H;3H,1-2H2. The molecule has 2 aromatic rings. The second kappa shape index (κ2) is 11.1. The molecule has 0 atom stereocenters. The normalized spacial score (nSPS) is 12.1. The number of hydrogen-bond acceptors (Lipinski definition) is 6. The molecule has 9 heteroatoms. The van der Waals surface area contributed by atoms with Gasteiger partial charge in [-0.3, -0.25) is 9.78 Å². The van der Waals surface area contributed by atoms with E-state index in [9.17, 15) is 4.79 Å². The Morgan fingerprint density at radius 3 is 1.69 bits per heavy atom. The maximum atomic E-state index is 9.97. The summed E-state index contributed by atoms with van der Waals surface area (Å²) in [4.78, 5) is 14.1. The van der Waals surface area contributed by atoms with Crippen molar-refractivity contribution < 1.29 is 24.9 Å². The van der Waals surface area contributed by atoms with Crippen molar-refractivity contribution in [2.45, 2.75) is 26.7 Å². The van der Waals surface area contributed by atoms with E-state index in [1.807, 2.05) is 19.9 Å². The van der Waals surface area contributed by atoms with Crippen molar-refractivity contribution in [1.82, 2.24) is 4.98 Å². The molecule has 1 aliphatic carbocycles. The van der Waals surface area contributed by atoms with E-state index in [2.05, 4.69) is 4.98 Å². The van der Waals surface area contributed by atoms with Gasteiger partial charge >= 0.3 is 14.2 Å². The molecule has 3 rings (SSSR count). The Morgan fingerprint density at radius 1 is 0.962 bits per heavy atom. The first kappa shape index (κ1) is 22.3. The van der Waals surface area contributed by atoms with Crippen molar-refractivity contribution in [3.63, 3.8) is 0 Å². The molecule has 0 bridgehead atoms. The van der Waals surface area contributed by atoms with Gasteiger partial charge in [-0.2, -0.15) is 0 Å². The summed E-state index contributed by atoms with van der Waals surface area (Å²) in [5, 5.41) is 34.6. The molecule has 0 amide bonds. The van der Waals surface area contributed by atoms with Crippen LogP contribution in [-0.4, -0.2) is 44.6 Å². The lowest BCUT2D eigenvalue weighted by atomic mass is 9.80. The summed E-state index contributed by atoms with van der Waals surface area (Å²) in [6, 6.07) is 12.0. The first-order chi connectivity index (χ1) is 12.2. The molecule has 6 nitrogen and oxygen atoms in total. The summed E-state index contributed by atoms with van der Waals surface area (Å²) in [5.41, 5.74) is 2.62. The Hall–Kier alpha value is -1.70. The van der Waals surface area contributed by atoms with E-state index in [1.165, 1.54) is 0 Å². The number of halogens is 1. The van der Waals surface area contributed by atoms with E-state index in [4.69, 9.17) is 31.7 Å². The average Bonchev–Trinajstić information content (AvgIpc) is 3.41. The zero-order chi connectivity index (χ0) is 19.7. The summed E-state index contributed by atoms with van der Waals surface area (Å²) in [5.74, 6) is 0.228. The lowest BCUT2D eigenvalue weighted by Crippen LogP contribution is -2.30. The third-order valence-corrected chi connectivity index (χ3v) is 3.71. The van der Waals surface area contributed by atoms with Gasteiger partial charge < -0.3 is 20.1 Å². The number of carbonyl (C=O) groups excluding carboxylic acids is 1. The van der Waals surface area contributed by atoms with Crippen LogP contribution in [0.15, 0.2) is 42.5 Å². The number of nitrogens with zero attached hydrogens (tertiary/aromatic N) is 1. The minimum atomic E-state index is -1.39. The van der Waals surface area contributed by atoms with Crippen molar-refractivity contribution >= 4 is 42.0 Å². The molecule has 1 fully saturated rings. The van der Waals surface area contributed by atoms with Gasteiger partial charge in [-0.15, -0.1) is 0 Å². The highest BCUT2D eigenvalue weighted by molar-refractivity contribution is 6.64. The molecule has 0 spiro atoms. The highest BCUT2D eigenvalue weighted by Crippen LogP contribution is 2.30. The molecule has 0 saturated heterocycles. The van der Waals surface area contributed by atoms with E-state index in [0.29, 0.717) is 10.9 Å². The van der Waals surface area contributed by atoms with Gasteiger partial charge in [-0.05, 0) is 61.3 Å². The summed E-state index contributed by atoms with van der Waals surface area (Å²) in [6.45, 7) is 3.64. The molecule has 1 saturated carbocycles. The number of aryl methyl sites for hydroxylation is 2. The van der Waals surface area contributed by atoms with Gasteiger partial charge in [0.2, 0.25) is 5.24 Å². The number of benzene rings is 1. The maximum Gasteiger partial charge on any atom is 0.488 e. The van der Waals surface area contributed by atoms with Crippen molar-refractivity contribution in [3.8, 4) is 0 Å². The third kappa shape index (κ3) is 9.12. The number of pyridine rings is 1. The smallest absolute Gasteiger partial charge is 0.423 e. The third-order valence-electron chi connectivity index (χ3n) is 3.40. The molecule has 1 aromatic heterocycles. The molecule has 1 heterocycles. The van der Waals surface area contributed by atoms with Gasteiger partial charge in [0, 0.05) is 17.3 Å². The molecular formula is C17H22B2ClNO5. The Kier molecular flexibility index (Phi) is 9.54. The summed E-state index contributed by atoms with van der Waals surface area (Å²) in [6.07, 6.45) is 2.03. The largest absolute Gasteiger partial charge is 0.488 e. The van der Waals surface area contributed by atoms with Crippen LogP contribution >= 0.6 is 11.6 Å². The van der Waals surface area contributed by atoms with Gasteiger partial charge in [0.15, 0.2) is 0 Å². The molecular weight excluding hydrogens is 355 g/mol. The van der Waals surface area contributed by atoms with Crippen molar-refractivity contribution in [3.05, 3.63) is 53.9 Å². The zero-order valence-electron chi connectivity index (χ0n) is 14.7. The van der Waals surface area contributed by atoms with E-state index >= 15 is 0 Å². The zero-order valence-corrected chi connectivity index (χ0v) is 15.5. The van der Waals surface area contributed by atoms with Crippen molar-refractivity contribution in [2.75, 3.05) is 0 Å². The van der Waals surface area contributed by atoms with Gasteiger partial charge in [-0.1, -0.05) is 30.3 Å². The maximum absolute atomic E-state index is 9.97. The van der Waals surface area contributed by atoms with Crippen LogP contribution in [0.25, 0.3) is 0 Å². The number of rotatable bonds is 3. The van der Waals surface area contributed by atoms with Crippen LogP contribution in [0.1, 0.15) is 24.2 Å². The van der Waals surface area contributed by atoms with Crippen LogP contribution in [0.5, 0.6) is 0 Å². The molecule has 0 aliphatic heterocycles. The first-order valence-corrected chi connectivity index (χ1v) is 8.50. The van der Waals surface area contributed by atoms with E-state index in [1.54, 1.807) is 36.4 Å². The van der Waals surface area contributed by atoms with Crippen molar-refractivity contribution in [1.29, 1.82) is 0 Å². The first-order valence-electron chi connectivity index (χ1n) is 8.12. The Bertz CT molecular complexity index is 677. The summed E-state index contributed by atoms with van der Waals surface area (Å²) < 4.78 is 0. The predicted molar refractivity (Wildman–Crippen MR) is 103 cm³/mol. The summed E-state index contributed by atoms with van der Waals surface area (Å²) >= 11 is 5.04. The monoisotopic (exact) mass is 377 g/mol. The molecule has 138 valence electrons. The average molecular weight is 377 g/mol. The Balaban J connectivity index is 0.000000203. The van der Waals surface area contributed by atoms with Gasteiger partial charge in [-0.25, -0.2) is 0 Å². The second-order valence-electron chi connectivity index (χ2n) is 5.92. The van der Waals surface area contributed by atoms with E-state index in [-0.39, 0.29) is 11.2 Å².